The van der Waals surface area contributed by atoms with Crippen LogP contribution in [0.4, 0.5) is 17.3 Å². The van der Waals surface area contributed by atoms with Crippen molar-refractivity contribution in [2.45, 2.75) is 0 Å². The summed E-state index contributed by atoms with van der Waals surface area (Å²) in [5.41, 5.74) is 4.03. The molecular weight excluding hydrogens is 487 g/mol. The molecule has 0 spiro atoms. The first kappa shape index (κ1) is 23.1. The zero-order valence-electron chi connectivity index (χ0n) is 18.8. The van der Waals surface area contributed by atoms with E-state index in [0.717, 1.165) is 29.6 Å². The van der Waals surface area contributed by atoms with Gasteiger partial charge in [0.1, 0.15) is 11.8 Å². The molecule has 0 saturated carbocycles. The molecule has 0 amide bonds. The first-order chi connectivity index (χ1) is 17.1. The molecule has 4 aromatic rings. The molecule has 10 heteroatoms. The zero-order chi connectivity index (χ0) is 24.4. The number of nitrogens with one attached hydrogen (secondary N) is 1. The standard InChI is InChI=1S/C25H20Cl2N6O2/c1-34-23-10-22(19(26)9-20(23)27)32-24-16(11-28)12-29-21-8-15(2-3-18(21)24)17-13-30-25(31-14-17)33-4-6-35-7-5-33/h2-3,8-10,12-14H,4-7H2,1H3,(H,29,32). The molecule has 5 rings (SSSR count). The van der Waals surface area contributed by atoms with Crippen molar-refractivity contribution in [1.29, 1.82) is 5.26 Å². The van der Waals surface area contributed by atoms with Gasteiger partial charge in [0.2, 0.25) is 5.95 Å². The Balaban J connectivity index is 1.50. The average molecular weight is 507 g/mol. The molecule has 0 atom stereocenters. The number of anilines is 3. The number of fused-ring (bicyclic) bond motifs is 1. The van der Waals surface area contributed by atoms with E-state index in [2.05, 4.69) is 31.2 Å². The van der Waals surface area contributed by atoms with E-state index in [1.807, 2.05) is 30.6 Å². The smallest absolute Gasteiger partial charge is 0.225 e. The summed E-state index contributed by atoms with van der Waals surface area (Å²) in [5, 5.41) is 14.5. The molecule has 1 aliphatic heterocycles. The third-order valence-electron chi connectivity index (χ3n) is 5.76. The van der Waals surface area contributed by atoms with Crippen LogP contribution in [0.3, 0.4) is 0 Å². The maximum atomic E-state index is 9.70. The van der Waals surface area contributed by atoms with Crippen molar-refractivity contribution in [2.75, 3.05) is 43.6 Å². The van der Waals surface area contributed by atoms with Gasteiger partial charge in [-0.05, 0) is 17.7 Å². The van der Waals surface area contributed by atoms with Gasteiger partial charge in [0.25, 0.3) is 0 Å². The van der Waals surface area contributed by atoms with Crippen LogP contribution in [-0.4, -0.2) is 48.4 Å². The summed E-state index contributed by atoms with van der Waals surface area (Å²) in [6, 6.07) is 11.3. The van der Waals surface area contributed by atoms with Crippen LogP contribution < -0.4 is 15.0 Å². The largest absolute Gasteiger partial charge is 0.495 e. The highest BCUT2D eigenvalue weighted by atomic mass is 35.5. The third kappa shape index (κ3) is 4.66. The normalized spacial score (nSPS) is 13.5. The van der Waals surface area contributed by atoms with E-state index in [-0.39, 0.29) is 0 Å². The minimum atomic E-state index is 0.383. The SMILES string of the molecule is COc1cc(Nc2c(C#N)cnc3cc(-c4cnc(N5CCOCC5)nc4)ccc23)c(Cl)cc1Cl. The molecular formula is C25H20Cl2N6O2. The molecule has 0 aliphatic carbocycles. The third-order valence-corrected chi connectivity index (χ3v) is 6.36. The van der Waals surface area contributed by atoms with E-state index in [1.165, 1.54) is 13.3 Å². The molecule has 2 aromatic carbocycles. The molecule has 0 unspecified atom stereocenters. The first-order valence-corrected chi connectivity index (χ1v) is 11.6. The molecule has 1 fully saturated rings. The van der Waals surface area contributed by atoms with Crippen molar-refractivity contribution >= 4 is 51.4 Å². The number of aromatic nitrogens is 3. The predicted octanol–water partition coefficient (Wildman–Crippen LogP) is 5.46. The lowest BCUT2D eigenvalue weighted by molar-refractivity contribution is 0.122. The summed E-state index contributed by atoms with van der Waals surface area (Å²) in [7, 11) is 1.53. The number of morpholine rings is 1. The maximum Gasteiger partial charge on any atom is 0.225 e. The molecule has 0 radical (unpaired) electrons. The van der Waals surface area contributed by atoms with Crippen molar-refractivity contribution in [2.24, 2.45) is 0 Å². The van der Waals surface area contributed by atoms with E-state index in [0.29, 0.717) is 57.4 Å². The maximum absolute atomic E-state index is 9.70. The second kappa shape index (κ2) is 9.92. The van der Waals surface area contributed by atoms with Crippen LogP contribution in [0.15, 0.2) is 48.9 Å². The predicted molar refractivity (Wildman–Crippen MR) is 137 cm³/mol. The summed E-state index contributed by atoms with van der Waals surface area (Å²) >= 11 is 12.6. The Labute approximate surface area is 212 Å². The monoisotopic (exact) mass is 506 g/mol. The average Bonchev–Trinajstić information content (AvgIpc) is 2.90. The number of rotatable bonds is 5. The van der Waals surface area contributed by atoms with Crippen molar-refractivity contribution in [3.63, 3.8) is 0 Å². The summed E-state index contributed by atoms with van der Waals surface area (Å²) < 4.78 is 10.7. The summed E-state index contributed by atoms with van der Waals surface area (Å²) in [6.45, 7) is 2.91. The molecule has 2 aromatic heterocycles. The minimum Gasteiger partial charge on any atom is -0.495 e. The Morgan fingerprint density at radius 2 is 1.77 bits per heavy atom. The number of hydrogen-bond acceptors (Lipinski definition) is 8. The fourth-order valence-electron chi connectivity index (χ4n) is 3.91. The van der Waals surface area contributed by atoms with Gasteiger partial charge in [-0.3, -0.25) is 4.98 Å². The Morgan fingerprint density at radius 3 is 2.49 bits per heavy atom. The van der Waals surface area contributed by atoms with Crippen molar-refractivity contribution in [1.82, 2.24) is 15.0 Å². The van der Waals surface area contributed by atoms with Crippen LogP contribution in [-0.2, 0) is 4.74 Å². The van der Waals surface area contributed by atoms with E-state index in [1.54, 1.807) is 12.1 Å². The number of nitrogens with zero attached hydrogens (tertiary/aromatic N) is 5. The van der Waals surface area contributed by atoms with Gasteiger partial charge in [0, 0.05) is 48.7 Å². The van der Waals surface area contributed by atoms with Gasteiger partial charge < -0.3 is 19.7 Å². The Hall–Kier alpha value is -3.64. The summed E-state index contributed by atoms with van der Waals surface area (Å²) in [6.07, 6.45) is 5.15. The van der Waals surface area contributed by atoms with Crippen molar-refractivity contribution < 1.29 is 9.47 Å². The highest BCUT2D eigenvalue weighted by molar-refractivity contribution is 6.37. The number of hydrogen-bond donors (Lipinski definition) is 1. The van der Waals surface area contributed by atoms with Gasteiger partial charge in [-0.15, -0.1) is 0 Å². The number of pyridine rings is 1. The van der Waals surface area contributed by atoms with Crippen LogP contribution in [0.5, 0.6) is 5.75 Å². The Kier molecular flexibility index (Phi) is 6.55. The molecule has 8 nitrogen and oxygen atoms in total. The van der Waals surface area contributed by atoms with Crippen LogP contribution in [0.25, 0.3) is 22.0 Å². The molecule has 1 N–H and O–H groups in total. The number of benzene rings is 2. The quantitative estimate of drug-likeness (QED) is 0.381. The van der Waals surface area contributed by atoms with Crippen LogP contribution in [0.1, 0.15) is 5.56 Å². The Bertz CT molecular complexity index is 1430. The van der Waals surface area contributed by atoms with Gasteiger partial charge in [-0.25, -0.2) is 9.97 Å². The van der Waals surface area contributed by atoms with E-state index < -0.39 is 0 Å². The number of ether oxygens (including phenoxy) is 2. The van der Waals surface area contributed by atoms with Gasteiger partial charge in [0.05, 0.1) is 52.8 Å². The number of nitriles is 1. The van der Waals surface area contributed by atoms with Crippen LogP contribution >= 0.6 is 23.2 Å². The molecule has 1 saturated heterocycles. The second-order valence-electron chi connectivity index (χ2n) is 7.85. The van der Waals surface area contributed by atoms with Crippen LogP contribution in [0.2, 0.25) is 10.0 Å². The fraction of sp³-hybridized carbons (Fsp3) is 0.200. The topological polar surface area (TPSA) is 96.2 Å². The molecule has 176 valence electrons. The van der Waals surface area contributed by atoms with Gasteiger partial charge in [0.15, 0.2) is 0 Å². The molecule has 1 aliphatic rings. The molecule has 0 bridgehead atoms. The fourth-order valence-corrected chi connectivity index (χ4v) is 4.41. The highest BCUT2D eigenvalue weighted by Crippen LogP contribution is 2.38. The van der Waals surface area contributed by atoms with Crippen molar-refractivity contribution in [3.05, 3.63) is 64.5 Å². The Morgan fingerprint density at radius 1 is 1.00 bits per heavy atom. The number of methoxy groups -OCH3 is 1. The highest BCUT2D eigenvalue weighted by Gasteiger charge is 2.16. The van der Waals surface area contributed by atoms with Gasteiger partial charge >= 0.3 is 0 Å². The van der Waals surface area contributed by atoms with Gasteiger partial charge in [-0.2, -0.15) is 5.26 Å². The lowest BCUT2D eigenvalue weighted by Crippen LogP contribution is -2.37. The number of halogens is 2. The lowest BCUT2D eigenvalue weighted by atomic mass is 10.0. The lowest BCUT2D eigenvalue weighted by Gasteiger charge is -2.26. The summed E-state index contributed by atoms with van der Waals surface area (Å²) in [4.78, 5) is 15.7. The van der Waals surface area contributed by atoms with E-state index >= 15 is 0 Å². The van der Waals surface area contributed by atoms with E-state index in [9.17, 15) is 5.26 Å². The van der Waals surface area contributed by atoms with E-state index in [4.69, 9.17) is 32.7 Å². The first-order valence-electron chi connectivity index (χ1n) is 10.9. The minimum absolute atomic E-state index is 0.383. The van der Waals surface area contributed by atoms with Crippen molar-refractivity contribution in [3.8, 4) is 22.9 Å². The molecule has 3 heterocycles. The second-order valence-corrected chi connectivity index (χ2v) is 8.67. The van der Waals surface area contributed by atoms with Gasteiger partial charge in [-0.1, -0.05) is 35.3 Å². The van der Waals surface area contributed by atoms with Crippen LogP contribution in [0, 0.1) is 11.3 Å². The molecule has 35 heavy (non-hydrogen) atoms. The summed E-state index contributed by atoms with van der Waals surface area (Å²) in [5.74, 6) is 1.16. The zero-order valence-corrected chi connectivity index (χ0v) is 20.3.